The van der Waals surface area contributed by atoms with Crippen LogP contribution in [-0.4, -0.2) is 37.2 Å². The second kappa shape index (κ2) is 5.38. The van der Waals surface area contributed by atoms with Crippen molar-refractivity contribution < 1.29 is 13.2 Å². The molecular formula is C13H18F3N3. The zero-order valence-electron chi connectivity index (χ0n) is 10.8. The lowest BCUT2D eigenvalue weighted by molar-refractivity contribution is -0.137. The number of nitrogens with two attached hydrogens (primary N) is 1. The lowest BCUT2D eigenvalue weighted by Gasteiger charge is -2.38. The number of hydrogen-bond donors (Lipinski definition) is 1. The molecule has 1 atom stereocenters. The summed E-state index contributed by atoms with van der Waals surface area (Å²) >= 11 is 0. The van der Waals surface area contributed by atoms with Gasteiger partial charge in [-0.25, -0.2) is 0 Å². The van der Waals surface area contributed by atoms with Crippen molar-refractivity contribution in [1.82, 2.24) is 4.90 Å². The fourth-order valence-electron chi connectivity index (χ4n) is 2.27. The van der Waals surface area contributed by atoms with Crippen molar-refractivity contribution >= 4 is 5.69 Å². The van der Waals surface area contributed by atoms with E-state index in [9.17, 15) is 13.2 Å². The lowest BCUT2D eigenvalue weighted by atomic mass is 10.1. The second-order valence-electron chi connectivity index (χ2n) is 4.81. The van der Waals surface area contributed by atoms with E-state index in [4.69, 9.17) is 5.73 Å². The molecule has 2 N–H and O–H groups in total. The molecule has 0 saturated carbocycles. The summed E-state index contributed by atoms with van der Waals surface area (Å²) in [7, 11) is 0. The summed E-state index contributed by atoms with van der Waals surface area (Å²) in [4.78, 5) is 4.08. The van der Waals surface area contributed by atoms with Gasteiger partial charge in [0.1, 0.15) is 0 Å². The quantitative estimate of drug-likeness (QED) is 0.896. The van der Waals surface area contributed by atoms with Gasteiger partial charge in [0.05, 0.1) is 11.7 Å². The average Bonchev–Trinajstić information content (AvgIpc) is 2.38. The van der Waals surface area contributed by atoms with Gasteiger partial charge in [0, 0.05) is 31.9 Å². The van der Waals surface area contributed by atoms with E-state index >= 15 is 0 Å². The number of rotatable bonds is 2. The summed E-state index contributed by atoms with van der Waals surface area (Å²) in [5, 5.41) is 0. The van der Waals surface area contributed by atoms with Crippen molar-refractivity contribution in [1.29, 1.82) is 0 Å². The largest absolute Gasteiger partial charge is 0.416 e. The van der Waals surface area contributed by atoms with Crippen molar-refractivity contribution in [3.8, 4) is 0 Å². The molecule has 1 heterocycles. The van der Waals surface area contributed by atoms with Gasteiger partial charge in [-0.3, -0.25) is 4.90 Å². The maximum atomic E-state index is 12.7. The first-order chi connectivity index (χ1) is 8.88. The first kappa shape index (κ1) is 14.1. The minimum Gasteiger partial charge on any atom is -0.369 e. The fourth-order valence-corrected chi connectivity index (χ4v) is 2.27. The molecule has 1 aliphatic rings. The minimum atomic E-state index is -4.29. The molecule has 0 bridgehead atoms. The van der Waals surface area contributed by atoms with Crippen LogP contribution in [0.5, 0.6) is 0 Å². The molecule has 0 radical (unpaired) electrons. The van der Waals surface area contributed by atoms with Crippen LogP contribution in [0.25, 0.3) is 0 Å². The maximum absolute atomic E-state index is 12.7. The number of hydrogen-bond acceptors (Lipinski definition) is 3. The number of benzene rings is 1. The Morgan fingerprint density at radius 2 is 1.79 bits per heavy atom. The SMILES string of the molecule is CC(N)N1CCN(c2cccc(C(F)(F)F)c2)CC1. The van der Waals surface area contributed by atoms with Gasteiger partial charge in [0.25, 0.3) is 0 Å². The second-order valence-corrected chi connectivity index (χ2v) is 4.81. The van der Waals surface area contributed by atoms with Crippen LogP contribution in [0.15, 0.2) is 24.3 Å². The van der Waals surface area contributed by atoms with Crippen LogP contribution in [0.3, 0.4) is 0 Å². The molecule has 0 aliphatic carbocycles. The molecule has 1 saturated heterocycles. The highest BCUT2D eigenvalue weighted by Gasteiger charge is 2.31. The Hall–Kier alpha value is -1.27. The lowest BCUT2D eigenvalue weighted by Crippen LogP contribution is -2.52. The van der Waals surface area contributed by atoms with Crippen molar-refractivity contribution in [3.05, 3.63) is 29.8 Å². The van der Waals surface area contributed by atoms with Gasteiger partial charge >= 0.3 is 6.18 Å². The molecule has 1 aliphatic heterocycles. The van der Waals surface area contributed by atoms with Gasteiger partial charge in [-0.05, 0) is 25.1 Å². The van der Waals surface area contributed by atoms with Crippen molar-refractivity contribution in [3.63, 3.8) is 0 Å². The van der Waals surface area contributed by atoms with E-state index in [-0.39, 0.29) is 6.17 Å². The molecule has 6 heteroatoms. The smallest absolute Gasteiger partial charge is 0.369 e. The normalized spacial score (nSPS) is 19.5. The van der Waals surface area contributed by atoms with Gasteiger partial charge in [0.2, 0.25) is 0 Å². The van der Waals surface area contributed by atoms with E-state index in [0.717, 1.165) is 19.2 Å². The molecule has 1 unspecified atom stereocenters. The third kappa shape index (κ3) is 3.39. The zero-order valence-corrected chi connectivity index (χ0v) is 10.8. The van der Waals surface area contributed by atoms with E-state index in [1.54, 1.807) is 6.07 Å². The maximum Gasteiger partial charge on any atom is 0.416 e. The minimum absolute atomic E-state index is 0.0105. The summed E-state index contributed by atoms with van der Waals surface area (Å²) in [5.41, 5.74) is 5.82. The molecule has 0 spiro atoms. The standard InChI is InChI=1S/C13H18F3N3/c1-10(17)18-5-7-19(8-6-18)12-4-2-3-11(9-12)13(14,15)16/h2-4,9-10H,5-8,17H2,1H3. The van der Waals surface area contributed by atoms with Crippen LogP contribution in [0.1, 0.15) is 12.5 Å². The number of halogens is 3. The van der Waals surface area contributed by atoms with Crippen LogP contribution >= 0.6 is 0 Å². The van der Waals surface area contributed by atoms with Crippen LogP contribution in [-0.2, 0) is 6.18 Å². The third-order valence-electron chi connectivity index (χ3n) is 3.43. The highest BCUT2D eigenvalue weighted by Crippen LogP contribution is 2.31. The Balaban J connectivity index is 2.08. The highest BCUT2D eigenvalue weighted by molar-refractivity contribution is 5.49. The van der Waals surface area contributed by atoms with E-state index in [1.165, 1.54) is 12.1 Å². The molecule has 0 amide bonds. The Kier molecular flexibility index (Phi) is 4.01. The van der Waals surface area contributed by atoms with Crippen molar-refractivity contribution in [2.24, 2.45) is 5.73 Å². The summed E-state index contributed by atoms with van der Waals surface area (Å²) in [6, 6.07) is 5.48. The van der Waals surface area contributed by atoms with Gasteiger partial charge in [-0.1, -0.05) is 6.07 Å². The Bertz CT molecular complexity index is 423. The molecule has 0 aromatic heterocycles. The first-order valence-electron chi connectivity index (χ1n) is 6.30. The highest BCUT2D eigenvalue weighted by atomic mass is 19.4. The van der Waals surface area contributed by atoms with E-state index in [1.807, 2.05) is 11.8 Å². The van der Waals surface area contributed by atoms with Gasteiger partial charge < -0.3 is 10.6 Å². The average molecular weight is 273 g/mol. The molecule has 106 valence electrons. The molecule has 3 nitrogen and oxygen atoms in total. The number of nitrogens with zero attached hydrogens (tertiary/aromatic N) is 2. The molecular weight excluding hydrogens is 255 g/mol. The van der Waals surface area contributed by atoms with Crippen LogP contribution in [0.2, 0.25) is 0 Å². The molecule has 1 fully saturated rings. The van der Waals surface area contributed by atoms with E-state index in [0.29, 0.717) is 18.8 Å². The Labute approximate surface area is 110 Å². The Morgan fingerprint density at radius 3 is 2.32 bits per heavy atom. The fraction of sp³-hybridized carbons (Fsp3) is 0.538. The summed E-state index contributed by atoms with van der Waals surface area (Å²) < 4.78 is 38.0. The first-order valence-corrected chi connectivity index (χ1v) is 6.30. The van der Waals surface area contributed by atoms with Crippen molar-refractivity contribution in [2.75, 3.05) is 31.1 Å². The molecule has 19 heavy (non-hydrogen) atoms. The topological polar surface area (TPSA) is 32.5 Å². The molecule has 1 aromatic rings. The van der Waals surface area contributed by atoms with E-state index < -0.39 is 11.7 Å². The van der Waals surface area contributed by atoms with E-state index in [2.05, 4.69) is 4.90 Å². The van der Waals surface area contributed by atoms with Crippen molar-refractivity contribution in [2.45, 2.75) is 19.3 Å². The molecule has 2 rings (SSSR count). The predicted octanol–water partition coefficient (Wildman–Crippen LogP) is 2.13. The number of anilines is 1. The van der Waals surface area contributed by atoms with Gasteiger partial charge in [0.15, 0.2) is 0 Å². The van der Waals surface area contributed by atoms with Gasteiger partial charge in [-0.15, -0.1) is 0 Å². The Morgan fingerprint density at radius 1 is 1.16 bits per heavy atom. The summed E-state index contributed by atoms with van der Waals surface area (Å²) in [6.07, 6.45) is -4.30. The summed E-state index contributed by atoms with van der Waals surface area (Å²) in [5.74, 6) is 0. The summed E-state index contributed by atoms with van der Waals surface area (Å²) in [6.45, 7) is 4.85. The number of piperazine rings is 1. The number of alkyl halides is 3. The van der Waals surface area contributed by atoms with Gasteiger partial charge in [-0.2, -0.15) is 13.2 Å². The zero-order chi connectivity index (χ0) is 14.0. The predicted molar refractivity (Wildman–Crippen MR) is 68.9 cm³/mol. The monoisotopic (exact) mass is 273 g/mol. The van der Waals surface area contributed by atoms with Crippen LogP contribution < -0.4 is 10.6 Å². The van der Waals surface area contributed by atoms with Crippen LogP contribution in [0, 0.1) is 0 Å². The third-order valence-corrected chi connectivity index (χ3v) is 3.43. The van der Waals surface area contributed by atoms with Crippen LogP contribution in [0.4, 0.5) is 18.9 Å². The molecule has 1 aromatic carbocycles.